The monoisotopic (exact) mass is 357 g/mol. The minimum absolute atomic E-state index is 0.0542. The molecule has 1 aromatic carbocycles. The van der Waals surface area contributed by atoms with Gasteiger partial charge in [-0.1, -0.05) is 12.1 Å². The number of ether oxygens (including phenoxy) is 2. The molecule has 0 unspecified atom stereocenters. The molecule has 2 aliphatic rings. The molecule has 138 valence electrons. The van der Waals surface area contributed by atoms with Gasteiger partial charge in [0.2, 0.25) is 5.91 Å². The molecular weight excluding hydrogens is 334 g/mol. The highest BCUT2D eigenvalue weighted by molar-refractivity contribution is 5.77. The van der Waals surface area contributed by atoms with Crippen LogP contribution >= 0.6 is 0 Å². The highest BCUT2D eigenvalue weighted by Crippen LogP contribution is 2.43. The molecule has 4 rings (SSSR count). The fourth-order valence-corrected chi connectivity index (χ4v) is 4.18. The zero-order valence-corrected chi connectivity index (χ0v) is 14.8. The average Bonchev–Trinajstić information content (AvgIpc) is 3.08. The molecule has 1 aliphatic carbocycles. The van der Waals surface area contributed by atoms with Crippen LogP contribution in [-0.4, -0.2) is 47.9 Å². The lowest BCUT2D eigenvalue weighted by Crippen LogP contribution is -2.62. The van der Waals surface area contributed by atoms with Gasteiger partial charge in [-0.2, -0.15) is 0 Å². The Morgan fingerprint density at radius 2 is 2.27 bits per heavy atom. The lowest BCUT2D eigenvalue weighted by molar-refractivity contribution is -0.130. The first kappa shape index (κ1) is 17.2. The number of hydrogen-bond donors (Lipinski definition) is 1. The third kappa shape index (κ3) is 3.01. The molecule has 1 saturated carbocycles. The van der Waals surface area contributed by atoms with Crippen LogP contribution in [0.15, 0.2) is 35.4 Å². The van der Waals surface area contributed by atoms with Crippen molar-refractivity contribution in [3.05, 3.63) is 40.9 Å². The van der Waals surface area contributed by atoms with Crippen LogP contribution in [0.3, 0.4) is 0 Å². The van der Waals surface area contributed by atoms with E-state index >= 15 is 0 Å². The summed E-state index contributed by atoms with van der Waals surface area (Å²) in [4.78, 5) is 29.2. The van der Waals surface area contributed by atoms with Crippen LogP contribution in [0.4, 0.5) is 0 Å². The van der Waals surface area contributed by atoms with E-state index in [2.05, 4.69) is 10.3 Å². The number of carbonyl (C=O) groups is 1. The molecule has 4 atom stereocenters. The van der Waals surface area contributed by atoms with Crippen LogP contribution in [0.2, 0.25) is 0 Å². The number of para-hydroxylation sites is 1. The van der Waals surface area contributed by atoms with Crippen molar-refractivity contribution in [1.82, 2.24) is 14.9 Å². The molecule has 1 saturated heterocycles. The minimum Gasteiger partial charge on any atom is -0.384 e. The first-order chi connectivity index (χ1) is 12.7. The van der Waals surface area contributed by atoms with E-state index in [1.54, 1.807) is 19.2 Å². The zero-order valence-electron chi connectivity index (χ0n) is 14.8. The van der Waals surface area contributed by atoms with Crippen LogP contribution in [0.5, 0.6) is 0 Å². The molecule has 26 heavy (non-hydrogen) atoms. The number of rotatable bonds is 6. The van der Waals surface area contributed by atoms with E-state index in [-0.39, 0.29) is 36.0 Å². The highest BCUT2D eigenvalue weighted by atomic mass is 16.5. The molecular formula is C19H23N3O4. The van der Waals surface area contributed by atoms with Gasteiger partial charge in [-0.15, -0.1) is 0 Å². The van der Waals surface area contributed by atoms with Crippen LogP contribution < -0.4 is 10.9 Å². The van der Waals surface area contributed by atoms with Crippen molar-refractivity contribution in [1.29, 1.82) is 0 Å². The smallest absolute Gasteiger partial charge is 0.261 e. The van der Waals surface area contributed by atoms with Crippen molar-refractivity contribution in [2.24, 2.45) is 11.8 Å². The maximum Gasteiger partial charge on any atom is 0.261 e. The first-order valence-electron chi connectivity index (χ1n) is 9.03. The summed E-state index contributed by atoms with van der Waals surface area (Å²) in [5.74, 6) is 0.534. The maximum atomic E-state index is 12.5. The predicted molar refractivity (Wildman–Crippen MR) is 95.8 cm³/mol. The van der Waals surface area contributed by atoms with Gasteiger partial charge in [-0.25, -0.2) is 4.98 Å². The third-order valence-electron chi connectivity index (χ3n) is 5.53. The van der Waals surface area contributed by atoms with E-state index in [1.807, 2.05) is 12.1 Å². The van der Waals surface area contributed by atoms with Crippen molar-refractivity contribution >= 4 is 16.8 Å². The van der Waals surface area contributed by atoms with Gasteiger partial charge < -0.3 is 14.8 Å². The Morgan fingerprint density at radius 1 is 1.42 bits per heavy atom. The molecule has 0 bridgehead atoms. The van der Waals surface area contributed by atoms with Crippen molar-refractivity contribution in [3.8, 4) is 0 Å². The summed E-state index contributed by atoms with van der Waals surface area (Å²) < 4.78 is 12.5. The summed E-state index contributed by atoms with van der Waals surface area (Å²) in [7, 11) is 1.67. The molecule has 7 heteroatoms. The van der Waals surface area contributed by atoms with E-state index in [0.29, 0.717) is 30.0 Å². The molecule has 2 heterocycles. The SMILES string of the molecule is COC[C@@H]1[C@@H](NC(=O)CCn2cnc3ccccc3c2=O)[C@@H]2CCO[C@H]12. The number of benzene rings is 1. The number of carbonyl (C=O) groups excluding carboxylic acids is 1. The van der Waals surface area contributed by atoms with E-state index in [1.165, 1.54) is 10.9 Å². The van der Waals surface area contributed by atoms with Gasteiger partial charge in [0.05, 0.1) is 29.9 Å². The summed E-state index contributed by atoms with van der Waals surface area (Å²) in [6, 6.07) is 7.32. The van der Waals surface area contributed by atoms with Crippen LogP contribution in [0, 0.1) is 11.8 Å². The van der Waals surface area contributed by atoms with Crippen LogP contribution in [-0.2, 0) is 20.8 Å². The Hall–Kier alpha value is -2.25. The highest BCUT2D eigenvalue weighted by Gasteiger charge is 2.54. The molecule has 2 fully saturated rings. The largest absolute Gasteiger partial charge is 0.384 e. The van der Waals surface area contributed by atoms with E-state index < -0.39 is 0 Å². The van der Waals surface area contributed by atoms with Gasteiger partial charge in [0.15, 0.2) is 0 Å². The molecule has 1 aromatic heterocycles. The topological polar surface area (TPSA) is 82.5 Å². The molecule has 0 spiro atoms. The predicted octanol–water partition coefficient (Wildman–Crippen LogP) is 0.953. The Balaban J connectivity index is 1.38. The minimum atomic E-state index is -0.117. The van der Waals surface area contributed by atoms with Gasteiger partial charge in [0, 0.05) is 44.6 Å². The Labute approximate surface area is 151 Å². The van der Waals surface area contributed by atoms with Crippen molar-refractivity contribution < 1.29 is 14.3 Å². The standard InChI is InChI=1S/C19H23N3O4/c1-25-10-14-17(13-7-9-26-18(13)14)21-16(23)6-8-22-11-20-15-5-3-2-4-12(15)19(22)24/h2-5,11,13-14,17-18H,6-10H2,1H3,(H,21,23)/t13-,14+,17-,18-/m0/s1. The second-order valence-electron chi connectivity index (χ2n) is 7.01. The number of amides is 1. The Bertz CT molecular complexity index is 865. The van der Waals surface area contributed by atoms with Gasteiger partial charge in [0.1, 0.15) is 0 Å². The van der Waals surface area contributed by atoms with Crippen molar-refractivity contribution in [3.63, 3.8) is 0 Å². The Morgan fingerprint density at radius 3 is 3.12 bits per heavy atom. The van der Waals surface area contributed by atoms with Gasteiger partial charge >= 0.3 is 0 Å². The Kier molecular flexibility index (Phi) is 4.74. The lowest BCUT2D eigenvalue weighted by Gasteiger charge is -2.47. The molecule has 2 aromatic rings. The first-order valence-corrected chi connectivity index (χ1v) is 9.03. The number of nitrogens with zero attached hydrogens (tertiary/aromatic N) is 2. The number of hydrogen-bond acceptors (Lipinski definition) is 5. The van der Waals surface area contributed by atoms with Crippen LogP contribution in [0.25, 0.3) is 10.9 Å². The number of nitrogens with one attached hydrogen (secondary N) is 1. The number of aromatic nitrogens is 2. The maximum absolute atomic E-state index is 12.5. The quantitative estimate of drug-likeness (QED) is 0.832. The van der Waals surface area contributed by atoms with Gasteiger partial charge in [-0.3, -0.25) is 14.2 Å². The van der Waals surface area contributed by atoms with Crippen molar-refractivity contribution in [2.45, 2.75) is 31.5 Å². The van der Waals surface area contributed by atoms with Gasteiger partial charge in [-0.05, 0) is 18.6 Å². The second kappa shape index (κ2) is 7.17. The van der Waals surface area contributed by atoms with Crippen LogP contribution in [0.1, 0.15) is 12.8 Å². The summed E-state index contributed by atoms with van der Waals surface area (Å²) in [6.45, 7) is 1.65. The summed E-state index contributed by atoms with van der Waals surface area (Å²) >= 11 is 0. The molecule has 1 N–H and O–H groups in total. The molecule has 1 amide bonds. The molecule has 1 aliphatic heterocycles. The fraction of sp³-hybridized carbons (Fsp3) is 0.526. The number of methoxy groups -OCH3 is 1. The normalized spacial score (nSPS) is 27.1. The molecule has 7 nitrogen and oxygen atoms in total. The van der Waals surface area contributed by atoms with Gasteiger partial charge in [0.25, 0.3) is 5.56 Å². The molecule has 0 radical (unpaired) electrons. The van der Waals surface area contributed by atoms with E-state index in [0.717, 1.165) is 13.0 Å². The second-order valence-corrected chi connectivity index (χ2v) is 7.01. The van der Waals surface area contributed by atoms with E-state index in [4.69, 9.17) is 9.47 Å². The number of fused-ring (bicyclic) bond motifs is 2. The average molecular weight is 357 g/mol. The fourth-order valence-electron chi connectivity index (χ4n) is 4.18. The zero-order chi connectivity index (χ0) is 18.1. The number of aryl methyl sites for hydroxylation is 1. The third-order valence-corrected chi connectivity index (χ3v) is 5.53. The summed E-state index contributed by atoms with van der Waals surface area (Å²) in [5.41, 5.74) is 0.552. The summed E-state index contributed by atoms with van der Waals surface area (Å²) in [5, 5.41) is 3.68. The van der Waals surface area contributed by atoms with Crippen molar-refractivity contribution in [2.75, 3.05) is 20.3 Å². The summed E-state index contributed by atoms with van der Waals surface area (Å²) in [6.07, 6.45) is 2.93. The lowest BCUT2D eigenvalue weighted by atomic mass is 9.67. The van der Waals surface area contributed by atoms with E-state index in [9.17, 15) is 9.59 Å².